The second kappa shape index (κ2) is 7.51. The molecule has 0 saturated heterocycles. The number of aliphatic hydroxyl groups excluding tert-OH is 1. The predicted molar refractivity (Wildman–Crippen MR) is 79.5 cm³/mol. The van der Waals surface area contributed by atoms with Crippen LogP contribution in [0.5, 0.6) is 5.75 Å². The molecule has 0 amide bonds. The van der Waals surface area contributed by atoms with E-state index in [0.29, 0.717) is 5.92 Å². The first kappa shape index (κ1) is 16.0. The number of hydrogen-bond acceptors (Lipinski definition) is 3. The van der Waals surface area contributed by atoms with Gasteiger partial charge in [0.25, 0.3) is 0 Å². The Labute approximate surface area is 116 Å². The molecule has 0 aliphatic rings. The van der Waals surface area contributed by atoms with Crippen molar-refractivity contribution in [3.8, 4) is 5.75 Å². The van der Waals surface area contributed by atoms with Gasteiger partial charge >= 0.3 is 0 Å². The maximum atomic E-state index is 9.38. The molecular formula is C16H27NO2. The van der Waals surface area contributed by atoms with E-state index in [0.717, 1.165) is 12.2 Å². The zero-order valence-corrected chi connectivity index (χ0v) is 12.5. The molecule has 3 atom stereocenters. The van der Waals surface area contributed by atoms with Gasteiger partial charge in [-0.2, -0.15) is 0 Å². The Balaban J connectivity index is 2.70. The van der Waals surface area contributed by atoms with Crippen molar-refractivity contribution in [3.63, 3.8) is 0 Å². The SMILES string of the molecule is CCC(C)c1ccc(OC(CO)C(N)C(C)C)cc1. The molecule has 3 N–H and O–H groups in total. The highest BCUT2D eigenvalue weighted by molar-refractivity contribution is 5.29. The van der Waals surface area contributed by atoms with E-state index in [1.807, 2.05) is 26.0 Å². The third kappa shape index (κ3) is 4.51. The number of benzene rings is 1. The normalized spacial score (nSPS) is 16.2. The van der Waals surface area contributed by atoms with Gasteiger partial charge in [0.2, 0.25) is 0 Å². The van der Waals surface area contributed by atoms with Crippen LogP contribution in [0.4, 0.5) is 0 Å². The molecule has 19 heavy (non-hydrogen) atoms. The lowest BCUT2D eigenvalue weighted by Crippen LogP contribution is -2.45. The first-order chi connectivity index (χ1) is 8.99. The van der Waals surface area contributed by atoms with Crippen molar-refractivity contribution >= 4 is 0 Å². The zero-order valence-electron chi connectivity index (χ0n) is 12.5. The standard InChI is InChI=1S/C16H27NO2/c1-5-12(4)13-6-8-14(9-7-13)19-15(10-18)16(17)11(2)3/h6-9,11-12,15-16,18H,5,10,17H2,1-4H3. The Morgan fingerprint density at radius 1 is 1.16 bits per heavy atom. The van der Waals surface area contributed by atoms with Gasteiger partial charge in [0.15, 0.2) is 0 Å². The van der Waals surface area contributed by atoms with Crippen LogP contribution < -0.4 is 10.5 Å². The second-order valence-electron chi connectivity index (χ2n) is 5.54. The molecule has 108 valence electrons. The number of nitrogens with two attached hydrogens (primary N) is 1. The molecule has 3 nitrogen and oxygen atoms in total. The van der Waals surface area contributed by atoms with Gasteiger partial charge in [0, 0.05) is 6.04 Å². The molecule has 0 radical (unpaired) electrons. The topological polar surface area (TPSA) is 55.5 Å². The van der Waals surface area contributed by atoms with Crippen molar-refractivity contribution in [1.82, 2.24) is 0 Å². The van der Waals surface area contributed by atoms with E-state index in [4.69, 9.17) is 10.5 Å². The highest BCUT2D eigenvalue weighted by Crippen LogP contribution is 2.22. The van der Waals surface area contributed by atoms with E-state index >= 15 is 0 Å². The van der Waals surface area contributed by atoms with Crippen LogP contribution in [0.1, 0.15) is 45.6 Å². The Morgan fingerprint density at radius 2 is 1.74 bits per heavy atom. The minimum absolute atomic E-state index is 0.0630. The molecule has 0 spiro atoms. The molecule has 0 aromatic heterocycles. The van der Waals surface area contributed by atoms with Gasteiger partial charge in [0.1, 0.15) is 11.9 Å². The summed E-state index contributed by atoms with van der Waals surface area (Å²) in [4.78, 5) is 0. The smallest absolute Gasteiger partial charge is 0.137 e. The van der Waals surface area contributed by atoms with Crippen LogP contribution in [-0.2, 0) is 0 Å². The van der Waals surface area contributed by atoms with Crippen LogP contribution in [0.3, 0.4) is 0 Å². The summed E-state index contributed by atoms with van der Waals surface area (Å²) in [5.41, 5.74) is 7.34. The lowest BCUT2D eigenvalue weighted by Gasteiger charge is -2.26. The molecule has 3 unspecified atom stereocenters. The van der Waals surface area contributed by atoms with E-state index in [1.54, 1.807) is 0 Å². The van der Waals surface area contributed by atoms with Gasteiger partial charge in [-0.15, -0.1) is 0 Å². The van der Waals surface area contributed by atoms with E-state index in [1.165, 1.54) is 5.56 Å². The average Bonchev–Trinajstić information content (AvgIpc) is 2.43. The summed E-state index contributed by atoms with van der Waals surface area (Å²) >= 11 is 0. The van der Waals surface area contributed by atoms with Crippen LogP contribution in [-0.4, -0.2) is 23.9 Å². The van der Waals surface area contributed by atoms with Crippen LogP contribution in [0, 0.1) is 5.92 Å². The molecule has 0 aliphatic heterocycles. The van der Waals surface area contributed by atoms with E-state index in [9.17, 15) is 5.11 Å². The van der Waals surface area contributed by atoms with Crippen LogP contribution in [0.15, 0.2) is 24.3 Å². The van der Waals surface area contributed by atoms with Crippen molar-refractivity contribution in [2.75, 3.05) is 6.61 Å². The molecule has 0 aliphatic carbocycles. The number of hydrogen-bond donors (Lipinski definition) is 2. The lowest BCUT2D eigenvalue weighted by molar-refractivity contribution is 0.0811. The Bertz CT molecular complexity index is 362. The predicted octanol–water partition coefficient (Wildman–Crippen LogP) is 2.92. The fourth-order valence-electron chi connectivity index (χ4n) is 1.95. The average molecular weight is 265 g/mol. The third-order valence-electron chi connectivity index (χ3n) is 3.73. The van der Waals surface area contributed by atoms with Crippen molar-refractivity contribution in [3.05, 3.63) is 29.8 Å². The summed E-state index contributed by atoms with van der Waals surface area (Å²) in [6, 6.07) is 7.91. The largest absolute Gasteiger partial charge is 0.486 e. The van der Waals surface area contributed by atoms with Gasteiger partial charge in [0.05, 0.1) is 6.61 Å². The molecule has 0 fully saturated rings. The molecule has 1 aromatic carbocycles. The molecule has 1 rings (SSSR count). The first-order valence-electron chi connectivity index (χ1n) is 7.12. The Hall–Kier alpha value is -1.06. The maximum Gasteiger partial charge on any atom is 0.137 e. The summed E-state index contributed by atoms with van der Waals surface area (Å²) in [6.45, 7) is 8.39. The van der Waals surface area contributed by atoms with Crippen molar-refractivity contribution in [1.29, 1.82) is 0 Å². The molecule has 0 bridgehead atoms. The first-order valence-corrected chi connectivity index (χ1v) is 7.12. The molecule has 0 saturated carbocycles. The summed E-state index contributed by atoms with van der Waals surface area (Å²) in [5.74, 6) is 1.60. The third-order valence-corrected chi connectivity index (χ3v) is 3.73. The van der Waals surface area contributed by atoms with E-state index < -0.39 is 0 Å². The van der Waals surface area contributed by atoms with E-state index in [-0.39, 0.29) is 24.7 Å². The number of aliphatic hydroxyl groups is 1. The Kier molecular flexibility index (Phi) is 6.32. The fourth-order valence-corrected chi connectivity index (χ4v) is 1.95. The van der Waals surface area contributed by atoms with Crippen LogP contribution >= 0.6 is 0 Å². The van der Waals surface area contributed by atoms with Gasteiger partial charge in [-0.1, -0.05) is 39.8 Å². The van der Waals surface area contributed by atoms with Crippen LogP contribution in [0.2, 0.25) is 0 Å². The molecule has 3 heteroatoms. The second-order valence-corrected chi connectivity index (χ2v) is 5.54. The van der Waals surface area contributed by atoms with Gasteiger partial charge in [-0.25, -0.2) is 0 Å². The summed E-state index contributed by atoms with van der Waals surface area (Å²) in [6.07, 6.45) is 0.770. The Morgan fingerprint density at radius 3 is 2.16 bits per heavy atom. The zero-order chi connectivity index (χ0) is 14.4. The summed E-state index contributed by atoms with van der Waals surface area (Å²) in [7, 11) is 0. The monoisotopic (exact) mass is 265 g/mol. The lowest BCUT2D eigenvalue weighted by atomic mass is 9.98. The van der Waals surface area contributed by atoms with Gasteiger partial charge in [-0.3, -0.25) is 0 Å². The highest BCUT2D eigenvalue weighted by Gasteiger charge is 2.21. The minimum atomic E-state index is -0.352. The number of rotatable bonds is 7. The van der Waals surface area contributed by atoms with Crippen molar-refractivity contribution in [2.45, 2.75) is 52.2 Å². The van der Waals surface area contributed by atoms with Crippen molar-refractivity contribution < 1.29 is 9.84 Å². The maximum absolute atomic E-state index is 9.38. The molecule has 1 aromatic rings. The highest BCUT2D eigenvalue weighted by atomic mass is 16.5. The quantitative estimate of drug-likeness (QED) is 0.797. The molecular weight excluding hydrogens is 238 g/mol. The molecule has 0 heterocycles. The van der Waals surface area contributed by atoms with E-state index in [2.05, 4.69) is 26.0 Å². The number of ether oxygens (including phenoxy) is 1. The minimum Gasteiger partial charge on any atom is -0.486 e. The van der Waals surface area contributed by atoms with Gasteiger partial charge in [-0.05, 0) is 36.0 Å². The summed E-state index contributed by atoms with van der Waals surface area (Å²) in [5, 5.41) is 9.38. The van der Waals surface area contributed by atoms with Gasteiger partial charge < -0.3 is 15.6 Å². The fraction of sp³-hybridized carbons (Fsp3) is 0.625. The van der Waals surface area contributed by atoms with Crippen molar-refractivity contribution in [2.24, 2.45) is 11.7 Å². The van der Waals surface area contributed by atoms with Crippen LogP contribution in [0.25, 0.3) is 0 Å². The summed E-state index contributed by atoms with van der Waals surface area (Å²) < 4.78 is 5.78.